The van der Waals surface area contributed by atoms with Crippen molar-refractivity contribution in [1.29, 1.82) is 0 Å². The second-order valence-corrected chi connectivity index (χ2v) is 7.75. The fourth-order valence-corrected chi connectivity index (χ4v) is 3.76. The molecule has 0 aromatic heterocycles. The van der Waals surface area contributed by atoms with Crippen molar-refractivity contribution in [3.05, 3.63) is 54.1 Å². The molecular weight excluding hydrogens is 409 g/mol. The zero-order valence-electron chi connectivity index (χ0n) is 17.8. The third kappa shape index (κ3) is 8.77. The predicted molar refractivity (Wildman–Crippen MR) is 113 cm³/mol. The Hall–Kier alpha value is -2.28. The molecule has 1 fully saturated rings. The van der Waals surface area contributed by atoms with E-state index in [0.717, 1.165) is 44.2 Å². The van der Waals surface area contributed by atoms with Crippen molar-refractivity contribution in [2.75, 3.05) is 13.7 Å². The van der Waals surface area contributed by atoms with Crippen LogP contribution in [-0.4, -0.2) is 30.9 Å². The summed E-state index contributed by atoms with van der Waals surface area (Å²) in [6, 6.07) is 4.85. The smallest absolute Gasteiger partial charge is 0.416 e. The number of methoxy groups -OCH3 is 1. The largest absolute Gasteiger partial charge is 0.493 e. The van der Waals surface area contributed by atoms with Crippen LogP contribution in [0.4, 0.5) is 13.2 Å². The van der Waals surface area contributed by atoms with E-state index in [1.54, 1.807) is 0 Å². The van der Waals surface area contributed by atoms with E-state index >= 15 is 0 Å². The van der Waals surface area contributed by atoms with Crippen LogP contribution in [0, 0.1) is 11.8 Å². The summed E-state index contributed by atoms with van der Waals surface area (Å²) >= 11 is 0. The molecule has 172 valence electrons. The molecule has 0 amide bonds. The highest BCUT2D eigenvalue weighted by molar-refractivity contribution is 5.69. The van der Waals surface area contributed by atoms with Gasteiger partial charge in [-0.25, -0.2) is 0 Å². The van der Waals surface area contributed by atoms with Crippen molar-refractivity contribution in [3.63, 3.8) is 0 Å². The van der Waals surface area contributed by atoms with Gasteiger partial charge in [0.15, 0.2) is 0 Å². The number of unbranched alkanes of at least 4 members (excludes halogenated alkanes) is 1. The van der Waals surface area contributed by atoms with Crippen LogP contribution in [0.25, 0.3) is 0 Å². The van der Waals surface area contributed by atoms with Crippen molar-refractivity contribution in [3.8, 4) is 5.75 Å². The van der Waals surface area contributed by atoms with Gasteiger partial charge < -0.3 is 14.6 Å². The molecule has 4 nitrogen and oxygen atoms in total. The minimum absolute atomic E-state index is 0.0632. The molecule has 0 saturated heterocycles. The lowest BCUT2D eigenvalue weighted by atomic mass is 9.91. The monoisotopic (exact) mass is 440 g/mol. The van der Waals surface area contributed by atoms with Crippen LogP contribution >= 0.6 is 0 Å². The summed E-state index contributed by atoms with van der Waals surface area (Å²) in [6.45, 7) is 0.269. The zero-order valence-corrected chi connectivity index (χ0v) is 17.8. The van der Waals surface area contributed by atoms with Crippen molar-refractivity contribution < 1.29 is 32.5 Å². The van der Waals surface area contributed by atoms with E-state index in [1.807, 2.05) is 12.2 Å². The maximum atomic E-state index is 12.7. The number of hydrogen-bond donors (Lipinski definition) is 1. The van der Waals surface area contributed by atoms with Crippen molar-refractivity contribution in [1.82, 2.24) is 0 Å². The lowest BCUT2D eigenvalue weighted by Gasteiger charge is -2.17. The molecule has 1 saturated carbocycles. The van der Waals surface area contributed by atoms with Gasteiger partial charge in [0.2, 0.25) is 0 Å². The first-order valence-electron chi connectivity index (χ1n) is 10.7. The number of alkyl halides is 3. The lowest BCUT2D eigenvalue weighted by Crippen LogP contribution is -2.16. The van der Waals surface area contributed by atoms with E-state index in [-0.39, 0.29) is 30.3 Å². The van der Waals surface area contributed by atoms with Gasteiger partial charge in [0.25, 0.3) is 0 Å². The Kier molecular flexibility index (Phi) is 10.1. The quantitative estimate of drug-likeness (QED) is 0.272. The zero-order chi connectivity index (χ0) is 22.7. The van der Waals surface area contributed by atoms with Crippen molar-refractivity contribution in [2.24, 2.45) is 11.8 Å². The summed E-state index contributed by atoms with van der Waals surface area (Å²) in [6.07, 6.45) is 8.46. The van der Waals surface area contributed by atoms with E-state index < -0.39 is 11.7 Å². The summed E-state index contributed by atoms with van der Waals surface area (Å²) in [4.78, 5) is 11.1. The van der Waals surface area contributed by atoms with E-state index in [9.17, 15) is 23.1 Å². The number of halogens is 3. The Morgan fingerprint density at radius 3 is 2.74 bits per heavy atom. The highest BCUT2D eigenvalue weighted by Gasteiger charge is 2.32. The number of carbonyl (C=O) groups excluding carboxylic acids is 1. The Bertz CT molecular complexity index is 743. The molecule has 3 atom stereocenters. The van der Waals surface area contributed by atoms with Gasteiger partial charge in [0.1, 0.15) is 5.75 Å². The fourth-order valence-electron chi connectivity index (χ4n) is 3.76. The average molecular weight is 441 g/mol. The van der Waals surface area contributed by atoms with Gasteiger partial charge in [0.05, 0.1) is 25.4 Å². The van der Waals surface area contributed by atoms with Crippen LogP contribution in [0.2, 0.25) is 0 Å². The van der Waals surface area contributed by atoms with Gasteiger partial charge in [-0.05, 0) is 62.6 Å². The van der Waals surface area contributed by atoms with Gasteiger partial charge in [-0.1, -0.05) is 30.4 Å². The van der Waals surface area contributed by atoms with Crippen LogP contribution in [0.3, 0.4) is 0 Å². The SMILES string of the molecule is COC(=O)CCC/C=C\C[C@H]1CC[C@@H](O)C1/C=C/CCOc1cccc(C(F)(F)F)c1. The van der Waals surface area contributed by atoms with E-state index in [1.165, 1.54) is 19.2 Å². The Morgan fingerprint density at radius 1 is 1.19 bits per heavy atom. The third-order valence-corrected chi connectivity index (χ3v) is 5.48. The molecule has 1 aromatic rings. The fraction of sp³-hybridized carbons (Fsp3) is 0.542. The summed E-state index contributed by atoms with van der Waals surface area (Å²) in [5, 5.41) is 10.3. The molecule has 1 N–H and O–H groups in total. The maximum absolute atomic E-state index is 12.7. The summed E-state index contributed by atoms with van der Waals surface area (Å²) in [5.74, 6) is 0.412. The molecule has 0 aliphatic heterocycles. The summed E-state index contributed by atoms with van der Waals surface area (Å²) in [5.41, 5.74) is -0.726. The Balaban J connectivity index is 1.73. The number of aliphatic hydroxyl groups is 1. The van der Waals surface area contributed by atoms with Crippen LogP contribution in [-0.2, 0) is 15.7 Å². The maximum Gasteiger partial charge on any atom is 0.416 e. The molecule has 0 radical (unpaired) electrons. The minimum atomic E-state index is -4.39. The summed E-state index contributed by atoms with van der Waals surface area (Å²) in [7, 11) is 1.38. The van der Waals surface area contributed by atoms with E-state index in [4.69, 9.17) is 4.74 Å². The van der Waals surface area contributed by atoms with Gasteiger partial charge in [-0.2, -0.15) is 13.2 Å². The first-order chi connectivity index (χ1) is 14.8. The number of carbonyl (C=O) groups is 1. The molecule has 31 heavy (non-hydrogen) atoms. The summed E-state index contributed by atoms with van der Waals surface area (Å²) < 4.78 is 48.3. The van der Waals surface area contributed by atoms with Crippen LogP contribution in [0.1, 0.15) is 50.5 Å². The Morgan fingerprint density at radius 2 is 2.00 bits per heavy atom. The molecule has 0 bridgehead atoms. The molecule has 7 heteroatoms. The van der Waals surface area contributed by atoms with Gasteiger partial charge in [-0.3, -0.25) is 4.79 Å². The molecule has 1 unspecified atom stereocenters. The third-order valence-electron chi connectivity index (χ3n) is 5.48. The highest BCUT2D eigenvalue weighted by Crippen LogP contribution is 2.36. The van der Waals surface area contributed by atoms with E-state index in [0.29, 0.717) is 18.8 Å². The topological polar surface area (TPSA) is 55.8 Å². The second-order valence-electron chi connectivity index (χ2n) is 7.75. The predicted octanol–water partition coefficient (Wildman–Crippen LogP) is 5.71. The number of benzene rings is 1. The molecule has 1 aliphatic carbocycles. The Labute approximate surface area is 181 Å². The minimum Gasteiger partial charge on any atom is -0.493 e. The van der Waals surface area contributed by atoms with Crippen LogP contribution in [0.15, 0.2) is 48.6 Å². The molecule has 1 aliphatic rings. The first kappa shape index (κ1) is 25.0. The number of allylic oxidation sites excluding steroid dienone is 2. The molecule has 0 spiro atoms. The average Bonchev–Trinajstić information content (AvgIpc) is 3.09. The highest BCUT2D eigenvalue weighted by atomic mass is 19.4. The standard InChI is InChI=1S/C24H31F3O4/c1-30-23(29)13-5-3-2-4-9-18-14-15-22(28)21(18)12-6-7-16-31-20-11-8-10-19(17-20)24(25,26)27/h2,4,6,8,10-12,17-18,21-22,28H,3,5,7,9,13-16H2,1H3/b4-2-,12-6+/t18-,21?,22+/m0/s1. The van der Waals surface area contributed by atoms with E-state index in [2.05, 4.69) is 16.9 Å². The van der Waals surface area contributed by atoms with Crippen LogP contribution in [0.5, 0.6) is 5.75 Å². The molecule has 0 heterocycles. The molecule has 1 aromatic carbocycles. The lowest BCUT2D eigenvalue weighted by molar-refractivity contribution is -0.140. The first-order valence-corrected chi connectivity index (χ1v) is 10.7. The number of rotatable bonds is 11. The number of aliphatic hydroxyl groups excluding tert-OH is 1. The number of ether oxygens (including phenoxy) is 2. The van der Waals surface area contributed by atoms with Crippen molar-refractivity contribution in [2.45, 2.75) is 57.2 Å². The normalized spacial score (nSPS) is 21.8. The van der Waals surface area contributed by atoms with Gasteiger partial charge in [-0.15, -0.1) is 0 Å². The van der Waals surface area contributed by atoms with Gasteiger partial charge >= 0.3 is 12.1 Å². The second kappa shape index (κ2) is 12.5. The molecular formula is C24H31F3O4. The molecule has 2 rings (SSSR count). The number of hydrogen-bond acceptors (Lipinski definition) is 4. The van der Waals surface area contributed by atoms with Crippen molar-refractivity contribution >= 4 is 5.97 Å². The van der Waals surface area contributed by atoms with Gasteiger partial charge in [0, 0.05) is 12.3 Å². The van der Waals surface area contributed by atoms with Crippen LogP contribution < -0.4 is 4.74 Å². The number of esters is 1.